The van der Waals surface area contributed by atoms with Crippen LogP contribution >= 0.6 is 11.8 Å². The highest BCUT2D eigenvalue weighted by Crippen LogP contribution is 2.08. The maximum atomic E-state index is 11.4. The number of carboxylic acids is 1. The number of aromatic amines is 1. The van der Waals surface area contributed by atoms with Crippen molar-refractivity contribution in [3.8, 4) is 0 Å². The average molecular weight is 213 g/mol. The number of rotatable bonds is 3. The third-order valence-corrected chi connectivity index (χ3v) is 2.30. The Morgan fingerprint density at radius 1 is 1.64 bits per heavy atom. The van der Waals surface area contributed by atoms with E-state index in [0.717, 1.165) is 0 Å². The predicted octanol–water partition coefficient (Wildman–Crippen LogP) is -0.907. The molecule has 6 heteroatoms. The van der Waals surface area contributed by atoms with Crippen LogP contribution in [0.2, 0.25) is 0 Å². The summed E-state index contributed by atoms with van der Waals surface area (Å²) in [6.45, 7) is 1.60. The molecule has 1 N–H and O–H groups in total. The molecule has 0 aromatic carbocycles. The summed E-state index contributed by atoms with van der Waals surface area (Å²) in [5.41, 5.74) is 0.177. The molecular formula is C8H9N2O3S-. The van der Waals surface area contributed by atoms with Gasteiger partial charge in [-0.25, -0.2) is 4.98 Å². The number of H-pyrrole nitrogens is 1. The number of aliphatic carboxylic acids is 1. The van der Waals surface area contributed by atoms with Gasteiger partial charge in [0.05, 0.1) is 0 Å². The Morgan fingerprint density at radius 2 is 2.29 bits per heavy atom. The van der Waals surface area contributed by atoms with Crippen LogP contribution in [0, 0.1) is 6.92 Å². The molecule has 0 saturated carbocycles. The van der Waals surface area contributed by atoms with Crippen LogP contribution in [0.3, 0.4) is 0 Å². The largest absolute Gasteiger partial charge is 0.550 e. The van der Waals surface area contributed by atoms with Gasteiger partial charge in [0.1, 0.15) is 0 Å². The van der Waals surface area contributed by atoms with Gasteiger partial charge in [-0.15, -0.1) is 0 Å². The third-order valence-electron chi connectivity index (χ3n) is 1.72. The normalized spacial score (nSPS) is 10.1. The standard InChI is InChI=1S/C8H10N2O3S/c1-4-5(3-6(11)12)7(13)10-8(9-4)14-2/h3H2,1-2H3,(H,11,12)(H,9,10,13)/p-1. The number of thioether (sulfide) groups is 1. The summed E-state index contributed by atoms with van der Waals surface area (Å²) >= 11 is 1.29. The van der Waals surface area contributed by atoms with E-state index in [-0.39, 0.29) is 5.56 Å². The zero-order valence-corrected chi connectivity index (χ0v) is 8.60. The molecule has 0 saturated heterocycles. The molecule has 1 aromatic rings. The maximum Gasteiger partial charge on any atom is 0.255 e. The molecular weight excluding hydrogens is 204 g/mol. The Morgan fingerprint density at radius 3 is 2.71 bits per heavy atom. The number of aromatic nitrogens is 2. The van der Waals surface area contributed by atoms with E-state index in [1.807, 2.05) is 0 Å². The molecule has 0 aliphatic rings. The average Bonchev–Trinajstić information content (AvgIpc) is 2.10. The summed E-state index contributed by atoms with van der Waals surface area (Å²) in [4.78, 5) is 28.2. The van der Waals surface area contributed by atoms with Crippen molar-refractivity contribution >= 4 is 17.7 Å². The molecule has 1 rings (SSSR count). The van der Waals surface area contributed by atoms with E-state index in [1.54, 1.807) is 13.2 Å². The molecule has 0 aliphatic heterocycles. The Balaban J connectivity index is 3.18. The molecule has 0 aliphatic carbocycles. The van der Waals surface area contributed by atoms with Gasteiger partial charge in [-0.05, 0) is 13.2 Å². The fraction of sp³-hybridized carbons (Fsp3) is 0.375. The second kappa shape index (κ2) is 4.28. The molecule has 14 heavy (non-hydrogen) atoms. The zero-order valence-electron chi connectivity index (χ0n) is 7.79. The second-order valence-electron chi connectivity index (χ2n) is 2.69. The number of nitrogens with zero attached hydrogens (tertiary/aromatic N) is 1. The van der Waals surface area contributed by atoms with E-state index < -0.39 is 17.9 Å². The van der Waals surface area contributed by atoms with Gasteiger partial charge in [-0.2, -0.15) is 0 Å². The van der Waals surface area contributed by atoms with Gasteiger partial charge < -0.3 is 14.9 Å². The van der Waals surface area contributed by atoms with Crippen LogP contribution in [0.1, 0.15) is 11.3 Å². The first-order valence-electron chi connectivity index (χ1n) is 3.88. The molecule has 0 unspecified atom stereocenters. The Hall–Kier alpha value is -1.30. The van der Waals surface area contributed by atoms with Gasteiger partial charge in [0, 0.05) is 23.6 Å². The zero-order chi connectivity index (χ0) is 10.7. The van der Waals surface area contributed by atoms with E-state index in [2.05, 4.69) is 9.97 Å². The minimum Gasteiger partial charge on any atom is -0.550 e. The molecule has 1 heterocycles. The molecule has 76 valence electrons. The van der Waals surface area contributed by atoms with Crippen LogP contribution in [-0.4, -0.2) is 22.2 Å². The number of carboxylic acid groups (broad SMARTS) is 1. The van der Waals surface area contributed by atoms with Gasteiger partial charge in [0.25, 0.3) is 5.56 Å². The highest BCUT2D eigenvalue weighted by Gasteiger charge is 2.07. The van der Waals surface area contributed by atoms with Crippen LogP contribution in [0.4, 0.5) is 0 Å². The molecule has 5 nitrogen and oxygen atoms in total. The van der Waals surface area contributed by atoms with Gasteiger partial charge in [-0.3, -0.25) is 4.79 Å². The fourth-order valence-corrected chi connectivity index (χ4v) is 1.46. The number of carbonyl (C=O) groups excluding carboxylic acids is 1. The smallest absolute Gasteiger partial charge is 0.255 e. The lowest BCUT2D eigenvalue weighted by molar-refractivity contribution is -0.304. The van der Waals surface area contributed by atoms with E-state index in [0.29, 0.717) is 10.9 Å². The van der Waals surface area contributed by atoms with E-state index in [4.69, 9.17) is 0 Å². The number of nitrogens with one attached hydrogen (secondary N) is 1. The van der Waals surface area contributed by atoms with E-state index in [9.17, 15) is 14.7 Å². The predicted molar refractivity (Wildman–Crippen MR) is 50.1 cm³/mol. The number of hydrogen-bond donors (Lipinski definition) is 1. The number of aryl methyl sites for hydroxylation is 1. The van der Waals surface area contributed by atoms with Crippen molar-refractivity contribution in [2.45, 2.75) is 18.5 Å². The van der Waals surface area contributed by atoms with Crippen LogP contribution in [0.15, 0.2) is 9.95 Å². The van der Waals surface area contributed by atoms with Crippen LogP contribution in [-0.2, 0) is 11.2 Å². The first-order chi connectivity index (χ1) is 6.54. The molecule has 0 spiro atoms. The van der Waals surface area contributed by atoms with E-state index >= 15 is 0 Å². The topological polar surface area (TPSA) is 85.9 Å². The highest BCUT2D eigenvalue weighted by molar-refractivity contribution is 7.98. The van der Waals surface area contributed by atoms with Crippen molar-refractivity contribution in [1.82, 2.24) is 9.97 Å². The van der Waals surface area contributed by atoms with Gasteiger partial charge in [-0.1, -0.05) is 11.8 Å². The maximum absolute atomic E-state index is 11.4. The first-order valence-corrected chi connectivity index (χ1v) is 5.10. The first kappa shape index (κ1) is 10.8. The molecule has 0 radical (unpaired) electrons. The Bertz CT molecular complexity index is 414. The summed E-state index contributed by atoms with van der Waals surface area (Å²) in [6.07, 6.45) is 1.37. The SMILES string of the molecule is CSc1nc(C)c(CC(=O)[O-])c(=O)[nH]1. The lowest BCUT2D eigenvalue weighted by Gasteiger charge is -2.05. The molecule has 1 aromatic heterocycles. The molecule has 0 bridgehead atoms. The number of hydrogen-bond acceptors (Lipinski definition) is 5. The fourth-order valence-electron chi connectivity index (χ4n) is 1.03. The van der Waals surface area contributed by atoms with Gasteiger partial charge in [0.2, 0.25) is 0 Å². The van der Waals surface area contributed by atoms with Crippen molar-refractivity contribution in [3.63, 3.8) is 0 Å². The number of carbonyl (C=O) groups is 1. The van der Waals surface area contributed by atoms with E-state index in [1.165, 1.54) is 11.8 Å². The van der Waals surface area contributed by atoms with Crippen LogP contribution in [0.5, 0.6) is 0 Å². The monoisotopic (exact) mass is 213 g/mol. The Labute approximate surface area is 84.6 Å². The summed E-state index contributed by atoms with van der Waals surface area (Å²) in [7, 11) is 0. The van der Waals surface area contributed by atoms with Crippen molar-refractivity contribution in [1.29, 1.82) is 0 Å². The van der Waals surface area contributed by atoms with Crippen molar-refractivity contribution in [3.05, 3.63) is 21.6 Å². The Kier molecular flexibility index (Phi) is 3.29. The minimum atomic E-state index is -1.28. The molecule has 0 atom stereocenters. The summed E-state index contributed by atoms with van der Waals surface area (Å²) in [6, 6.07) is 0. The van der Waals surface area contributed by atoms with Crippen LogP contribution < -0.4 is 10.7 Å². The van der Waals surface area contributed by atoms with Gasteiger partial charge >= 0.3 is 0 Å². The van der Waals surface area contributed by atoms with Crippen molar-refractivity contribution in [2.75, 3.05) is 6.26 Å². The lowest BCUT2D eigenvalue weighted by Crippen LogP contribution is -2.29. The molecule has 0 amide bonds. The van der Waals surface area contributed by atoms with Crippen molar-refractivity contribution in [2.24, 2.45) is 0 Å². The third kappa shape index (κ3) is 2.35. The summed E-state index contributed by atoms with van der Waals surface area (Å²) < 4.78 is 0. The summed E-state index contributed by atoms with van der Waals surface area (Å²) in [5, 5.41) is 10.8. The van der Waals surface area contributed by atoms with Gasteiger partial charge in [0.15, 0.2) is 5.16 Å². The van der Waals surface area contributed by atoms with Crippen LogP contribution in [0.25, 0.3) is 0 Å². The quantitative estimate of drug-likeness (QED) is 0.519. The molecule has 0 fully saturated rings. The van der Waals surface area contributed by atoms with Crippen molar-refractivity contribution < 1.29 is 9.90 Å². The second-order valence-corrected chi connectivity index (χ2v) is 3.48. The lowest BCUT2D eigenvalue weighted by atomic mass is 10.2. The minimum absolute atomic E-state index is 0.155. The highest BCUT2D eigenvalue weighted by atomic mass is 32.2. The summed E-state index contributed by atoms with van der Waals surface area (Å²) in [5.74, 6) is -1.28.